The van der Waals surface area contributed by atoms with E-state index < -0.39 is 17.4 Å². The van der Waals surface area contributed by atoms with Gasteiger partial charge in [-0.15, -0.1) is 13.2 Å². The van der Waals surface area contributed by atoms with Crippen molar-refractivity contribution in [2.45, 2.75) is 25.3 Å². The van der Waals surface area contributed by atoms with Crippen molar-refractivity contribution in [2.24, 2.45) is 0 Å². The van der Waals surface area contributed by atoms with Gasteiger partial charge in [0.25, 0.3) is 5.91 Å². The van der Waals surface area contributed by atoms with E-state index in [0.29, 0.717) is 18.7 Å². The molecule has 0 aliphatic carbocycles. The Morgan fingerprint density at radius 2 is 2.09 bits per heavy atom. The first-order valence-electron chi connectivity index (χ1n) is 7.69. The quantitative estimate of drug-likeness (QED) is 0.477. The molecular weight excluding hydrogens is 292 g/mol. The van der Waals surface area contributed by atoms with E-state index in [-0.39, 0.29) is 13.0 Å². The van der Waals surface area contributed by atoms with Gasteiger partial charge in [-0.25, -0.2) is 4.79 Å². The van der Waals surface area contributed by atoms with Gasteiger partial charge in [-0.05, 0) is 25.5 Å². The Morgan fingerprint density at radius 1 is 1.35 bits per heavy atom. The molecule has 0 saturated carbocycles. The highest BCUT2D eigenvalue weighted by Crippen LogP contribution is 2.39. The molecule has 1 atom stereocenters. The molecule has 23 heavy (non-hydrogen) atoms. The molecule has 122 valence electrons. The van der Waals surface area contributed by atoms with Crippen molar-refractivity contribution < 1.29 is 14.3 Å². The third-order valence-corrected chi connectivity index (χ3v) is 3.89. The molecule has 1 aliphatic heterocycles. The van der Waals surface area contributed by atoms with Crippen LogP contribution in [0.3, 0.4) is 0 Å². The summed E-state index contributed by atoms with van der Waals surface area (Å²) >= 11 is 0. The van der Waals surface area contributed by atoms with Gasteiger partial charge in [0, 0.05) is 13.0 Å². The van der Waals surface area contributed by atoms with Crippen LogP contribution in [0.4, 0.5) is 11.4 Å². The zero-order valence-electron chi connectivity index (χ0n) is 13.4. The van der Waals surface area contributed by atoms with Gasteiger partial charge in [-0.2, -0.15) is 0 Å². The van der Waals surface area contributed by atoms with Crippen LogP contribution in [0.2, 0.25) is 0 Å². The number of hydrogen-bond donors (Lipinski definition) is 1. The highest BCUT2D eigenvalue weighted by molar-refractivity contribution is 6.19. The van der Waals surface area contributed by atoms with Gasteiger partial charge in [0.15, 0.2) is 0 Å². The van der Waals surface area contributed by atoms with E-state index in [2.05, 4.69) is 18.5 Å². The number of nitrogens with one attached hydrogen (secondary N) is 1. The SMILES string of the molecule is C=CCCN1c2ccccc2NC(=O)C1(CC=C)C(=O)OCC. The molecule has 5 heteroatoms. The number of fused-ring (bicyclic) bond motifs is 1. The Labute approximate surface area is 136 Å². The molecule has 0 bridgehead atoms. The van der Waals surface area contributed by atoms with E-state index in [9.17, 15) is 9.59 Å². The van der Waals surface area contributed by atoms with Crippen LogP contribution >= 0.6 is 0 Å². The summed E-state index contributed by atoms with van der Waals surface area (Å²) in [5.41, 5.74) is 0.0455. The first-order chi connectivity index (χ1) is 11.1. The fraction of sp³-hybridized carbons (Fsp3) is 0.333. The maximum atomic E-state index is 12.8. The molecule has 1 aliphatic rings. The van der Waals surface area contributed by atoms with E-state index >= 15 is 0 Å². The first kappa shape index (κ1) is 16.8. The molecule has 1 N–H and O–H groups in total. The van der Waals surface area contributed by atoms with E-state index in [4.69, 9.17) is 4.74 Å². The maximum absolute atomic E-state index is 12.8. The lowest BCUT2D eigenvalue weighted by Gasteiger charge is -2.45. The Morgan fingerprint density at radius 3 is 2.74 bits per heavy atom. The predicted octanol–water partition coefficient (Wildman–Crippen LogP) is 2.90. The van der Waals surface area contributed by atoms with E-state index in [1.54, 1.807) is 19.1 Å². The number of nitrogens with zero attached hydrogens (tertiary/aromatic N) is 1. The zero-order valence-corrected chi connectivity index (χ0v) is 13.4. The van der Waals surface area contributed by atoms with Gasteiger partial charge < -0.3 is 15.0 Å². The lowest BCUT2D eigenvalue weighted by atomic mass is 9.87. The van der Waals surface area contributed by atoms with Crippen molar-refractivity contribution in [3.05, 3.63) is 49.6 Å². The van der Waals surface area contributed by atoms with Gasteiger partial charge in [0.1, 0.15) is 0 Å². The van der Waals surface area contributed by atoms with E-state index in [1.165, 1.54) is 0 Å². The maximum Gasteiger partial charge on any atom is 0.342 e. The molecule has 1 amide bonds. The van der Waals surface area contributed by atoms with Gasteiger partial charge in [-0.3, -0.25) is 4.79 Å². The lowest BCUT2D eigenvalue weighted by molar-refractivity contribution is -0.153. The minimum atomic E-state index is -1.44. The molecule has 1 aromatic rings. The molecule has 1 heterocycles. The number of benzene rings is 1. The summed E-state index contributed by atoms with van der Waals surface area (Å²) in [5.74, 6) is -0.949. The van der Waals surface area contributed by atoms with Crippen molar-refractivity contribution in [1.82, 2.24) is 0 Å². The number of esters is 1. The minimum Gasteiger partial charge on any atom is -0.464 e. The summed E-state index contributed by atoms with van der Waals surface area (Å²) in [4.78, 5) is 27.3. The van der Waals surface area contributed by atoms with Crippen molar-refractivity contribution in [3.8, 4) is 0 Å². The number of anilines is 2. The summed E-state index contributed by atoms with van der Waals surface area (Å²) in [7, 11) is 0. The summed E-state index contributed by atoms with van der Waals surface area (Å²) < 4.78 is 5.22. The van der Waals surface area contributed by atoms with Crippen LogP contribution in [0.25, 0.3) is 0 Å². The van der Waals surface area contributed by atoms with Crippen LogP contribution in [0.15, 0.2) is 49.6 Å². The first-order valence-corrected chi connectivity index (χ1v) is 7.69. The Bertz CT molecular complexity index is 626. The third-order valence-electron chi connectivity index (χ3n) is 3.89. The topological polar surface area (TPSA) is 58.6 Å². The summed E-state index contributed by atoms with van der Waals surface area (Å²) in [6.07, 6.45) is 4.15. The second-order valence-electron chi connectivity index (χ2n) is 5.27. The third kappa shape index (κ3) is 2.86. The predicted molar refractivity (Wildman–Crippen MR) is 91.4 cm³/mol. The van der Waals surface area contributed by atoms with E-state index in [0.717, 1.165) is 5.69 Å². The van der Waals surface area contributed by atoms with Crippen LogP contribution < -0.4 is 10.2 Å². The van der Waals surface area contributed by atoms with Gasteiger partial charge >= 0.3 is 5.97 Å². The van der Waals surface area contributed by atoms with Gasteiger partial charge in [0.2, 0.25) is 5.54 Å². The van der Waals surface area contributed by atoms with Crippen LogP contribution in [0, 0.1) is 0 Å². The van der Waals surface area contributed by atoms with Crippen LogP contribution in [-0.4, -0.2) is 30.6 Å². The smallest absolute Gasteiger partial charge is 0.342 e. The second-order valence-corrected chi connectivity index (χ2v) is 5.27. The molecular formula is C18H22N2O3. The van der Waals surface area contributed by atoms with Gasteiger partial charge in [-0.1, -0.05) is 24.3 Å². The van der Waals surface area contributed by atoms with E-state index in [1.807, 2.05) is 29.2 Å². The molecule has 2 rings (SSSR count). The van der Waals surface area contributed by atoms with Crippen molar-refractivity contribution in [2.75, 3.05) is 23.4 Å². The fourth-order valence-electron chi connectivity index (χ4n) is 2.85. The number of amides is 1. The molecule has 5 nitrogen and oxygen atoms in total. The molecule has 0 fully saturated rings. The molecule has 0 radical (unpaired) electrons. The minimum absolute atomic E-state index is 0.170. The Balaban J connectivity index is 2.60. The average Bonchev–Trinajstić information content (AvgIpc) is 2.54. The lowest BCUT2D eigenvalue weighted by Crippen LogP contribution is -2.65. The number of para-hydroxylation sites is 2. The molecule has 1 aromatic carbocycles. The van der Waals surface area contributed by atoms with Crippen molar-refractivity contribution in [3.63, 3.8) is 0 Å². The standard InChI is InChI=1S/C18H22N2O3/c1-4-7-13-20-15-11-9-8-10-14(15)19-16(21)18(20,12-5-2)17(22)23-6-3/h4-5,8-11H,1-2,6-7,12-13H2,3H3,(H,19,21). The number of hydrogen-bond acceptors (Lipinski definition) is 4. The number of carbonyl (C=O) groups is 2. The molecule has 0 aromatic heterocycles. The highest BCUT2D eigenvalue weighted by Gasteiger charge is 2.54. The highest BCUT2D eigenvalue weighted by atomic mass is 16.5. The number of ether oxygens (including phenoxy) is 1. The monoisotopic (exact) mass is 314 g/mol. The Hall–Kier alpha value is -2.56. The summed E-state index contributed by atoms with van der Waals surface area (Å²) in [6.45, 7) is 9.87. The summed E-state index contributed by atoms with van der Waals surface area (Å²) in [6, 6.07) is 7.42. The van der Waals surface area contributed by atoms with Crippen molar-refractivity contribution in [1.29, 1.82) is 0 Å². The summed E-state index contributed by atoms with van der Waals surface area (Å²) in [5, 5.41) is 2.83. The largest absolute Gasteiger partial charge is 0.464 e. The average molecular weight is 314 g/mol. The molecule has 0 saturated heterocycles. The van der Waals surface area contributed by atoms with Gasteiger partial charge in [0.05, 0.1) is 18.0 Å². The normalized spacial score (nSPS) is 19.5. The Kier molecular flexibility index (Phi) is 5.21. The molecule has 0 spiro atoms. The molecule has 1 unspecified atom stereocenters. The number of rotatable bonds is 7. The second kappa shape index (κ2) is 7.13. The van der Waals surface area contributed by atoms with Crippen molar-refractivity contribution >= 4 is 23.3 Å². The van der Waals surface area contributed by atoms with Crippen LogP contribution in [0.1, 0.15) is 19.8 Å². The van der Waals surface area contributed by atoms with Crippen LogP contribution in [0.5, 0.6) is 0 Å². The number of carbonyl (C=O) groups excluding carboxylic acids is 2. The van der Waals surface area contributed by atoms with Crippen LogP contribution in [-0.2, 0) is 14.3 Å². The fourth-order valence-corrected chi connectivity index (χ4v) is 2.85. The zero-order chi connectivity index (χ0) is 16.9.